The molecule has 6 heteroatoms. The van der Waals surface area contributed by atoms with E-state index in [1.54, 1.807) is 0 Å². The van der Waals surface area contributed by atoms with Gasteiger partial charge in [-0.15, -0.1) is 0 Å². The normalized spacial score (nSPS) is 17.9. The number of amides is 1. The zero-order chi connectivity index (χ0) is 17.3. The predicted molar refractivity (Wildman–Crippen MR) is 96.7 cm³/mol. The zero-order valence-electron chi connectivity index (χ0n) is 15.5. The van der Waals surface area contributed by atoms with Gasteiger partial charge in [0, 0.05) is 25.2 Å². The lowest BCUT2D eigenvalue weighted by Gasteiger charge is -2.22. The summed E-state index contributed by atoms with van der Waals surface area (Å²) in [4.78, 5) is 18.7. The Kier molecular flexibility index (Phi) is 8.37. The Labute approximate surface area is 141 Å². The van der Waals surface area contributed by atoms with E-state index in [1.165, 1.54) is 25.9 Å². The lowest BCUT2D eigenvalue weighted by Crippen LogP contribution is -2.44. The van der Waals surface area contributed by atoms with Crippen molar-refractivity contribution in [2.75, 3.05) is 39.3 Å². The van der Waals surface area contributed by atoms with Crippen LogP contribution in [0, 0.1) is 5.92 Å². The lowest BCUT2D eigenvalue weighted by molar-refractivity contribution is -0.121. The van der Waals surface area contributed by atoms with Gasteiger partial charge in [-0.05, 0) is 59.5 Å². The fourth-order valence-corrected chi connectivity index (χ4v) is 2.69. The van der Waals surface area contributed by atoms with E-state index in [0.29, 0.717) is 11.9 Å². The van der Waals surface area contributed by atoms with E-state index in [0.717, 1.165) is 19.6 Å². The number of guanidine groups is 1. The molecule has 1 heterocycles. The second kappa shape index (κ2) is 9.75. The largest absolute Gasteiger partial charge is 0.357 e. The smallest absolute Gasteiger partial charge is 0.242 e. The number of carbonyl (C=O) groups excluding carboxylic acids is 1. The maximum Gasteiger partial charge on any atom is 0.242 e. The molecule has 0 bridgehead atoms. The monoisotopic (exact) mass is 325 g/mol. The van der Waals surface area contributed by atoms with Crippen molar-refractivity contribution < 1.29 is 4.79 Å². The summed E-state index contributed by atoms with van der Waals surface area (Å²) in [5.41, 5.74) is -0.220. The molecule has 3 N–H and O–H groups in total. The molecular formula is C17H35N5O. The minimum absolute atomic E-state index is 0.0557. The van der Waals surface area contributed by atoms with Crippen LogP contribution < -0.4 is 16.0 Å². The van der Waals surface area contributed by atoms with Crippen LogP contribution in [0.25, 0.3) is 0 Å². The maximum atomic E-state index is 11.9. The van der Waals surface area contributed by atoms with Crippen molar-refractivity contribution in [2.45, 2.75) is 53.0 Å². The first kappa shape index (κ1) is 19.7. The highest BCUT2D eigenvalue weighted by Gasteiger charge is 2.15. The number of rotatable bonds is 7. The van der Waals surface area contributed by atoms with Gasteiger partial charge in [0.1, 0.15) is 6.54 Å². The molecule has 1 unspecified atom stereocenters. The van der Waals surface area contributed by atoms with Gasteiger partial charge < -0.3 is 20.9 Å². The molecule has 23 heavy (non-hydrogen) atoms. The van der Waals surface area contributed by atoms with Crippen LogP contribution in [-0.4, -0.2) is 61.6 Å². The Balaban J connectivity index is 2.37. The van der Waals surface area contributed by atoms with E-state index in [1.807, 2.05) is 27.7 Å². The number of carbonyl (C=O) groups is 1. The minimum atomic E-state index is -0.220. The maximum absolute atomic E-state index is 11.9. The first-order chi connectivity index (χ1) is 10.8. The molecule has 1 rings (SSSR count). The first-order valence-electron chi connectivity index (χ1n) is 8.85. The highest BCUT2D eigenvalue weighted by molar-refractivity contribution is 5.85. The summed E-state index contributed by atoms with van der Waals surface area (Å²) in [6, 6.07) is 0. The average molecular weight is 326 g/mol. The van der Waals surface area contributed by atoms with Crippen molar-refractivity contribution >= 4 is 11.9 Å². The Morgan fingerprint density at radius 2 is 1.87 bits per heavy atom. The van der Waals surface area contributed by atoms with Crippen LogP contribution in [0.1, 0.15) is 47.5 Å². The van der Waals surface area contributed by atoms with Crippen molar-refractivity contribution in [1.82, 2.24) is 20.9 Å². The van der Waals surface area contributed by atoms with Crippen LogP contribution in [0.4, 0.5) is 0 Å². The second-order valence-corrected chi connectivity index (χ2v) is 7.49. The molecule has 6 nitrogen and oxygen atoms in total. The Hall–Kier alpha value is -1.30. The number of likely N-dealkylation sites (tertiary alicyclic amines) is 1. The highest BCUT2D eigenvalue weighted by Crippen LogP contribution is 2.09. The lowest BCUT2D eigenvalue weighted by atomic mass is 10.1. The SMILES string of the molecule is CCNC(=NCC(=O)NC(C)(C)C)NCC(C)CN1CCCC1. The topological polar surface area (TPSA) is 68.8 Å². The number of hydrogen-bond acceptors (Lipinski definition) is 3. The molecule has 0 aliphatic carbocycles. The molecule has 1 aliphatic rings. The van der Waals surface area contributed by atoms with E-state index < -0.39 is 0 Å². The average Bonchev–Trinajstić information content (AvgIpc) is 2.93. The van der Waals surface area contributed by atoms with E-state index >= 15 is 0 Å². The van der Waals surface area contributed by atoms with Gasteiger partial charge >= 0.3 is 0 Å². The van der Waals surface area contributed by atoms with Crippen molar-refractivity contribution in [3.8, 4) is 0 Å². The Morgan fingerprint density at radius 3 is 2.43 bits per heavy atom. The molecular weight excluding hydrogens is 290 g/mol. The molecule has 0 aromatic heterocycles. The third-order valence-electron chi connectivity index (χ3n) is 3.63. The first-order valence-corrected chi connectivity index (χ1v) is 8.85. The van der Waals surface area contributed by atoms with Crippen molar-refractivity contribution in [3.05, 3.63) is 0 Å². The summed E-state index contributed by atoms with van der Waals surface area (Å²) in [5, 5.41) is 9.46. The number of aliphatic imine (C=N–C) groups is 1. The summed E-state index contributed by atoms with van der Waals surface area (Å²) in [6.45, 7) is 15.6. The Morgan fingerprint density at radius 1 is 1.22 bits per heavy atom. The molecule has 0 spiro atoms. The molecule has 1 amide bonds. The Bertz CT molecular complexity index is 383. The van der Waals surface area contributed by atoms with Crippen LogP contribution >= 0.6 is 0 Å². The molecule has 1 atom stereocenters. The highest BCUT2D eigenvalue weighted by atomic mass is 16.2. The summed E-state index contributed by atoms with van der Waals surface area (Å²) in [5.74, 6) is 1.21. The summed E-state index contributed by atoms with van der Waals surface area (Å²) >= 11 is 0. The van der Waals surface area contributed by atoms with E-state index in [9.17, 15) is 4.79 Å². The summed E-state index contributed by atoms with van der Waals surface area (Å²) < 4.78 is 0. The summed E-state index contributed by atoms with van der Waals surface area (Å²) in [6.07, 6.45) is 2.65. The van der Waals surface area contributed by atoms with Gasteiger partial charge in [0.25, 0.3) is 0 Å². The van der Waals surface area contributed by atoms with Crippen LogP contribution in [-0.2, 0) is 4.79 Å². The van der Waals surface area contributed by atoms with Gasteiger partial charge in [-0.2, -0.15) is 0 Å². The second-order valence-electron chi connectivity index (χ2n) is 7.49. The van der Waals surface area contributed by atoms with Gasteiger partial charge in [-0.1, -0.05) is 6.92 Å². The molecule has 1 fully saturated rings. The van der Waals surface area contributed by atoms with Crippen molar-refractivity contribution in [1.29, 1.82) is 0 Å². The molecule has 134 valence electrons. The van der Waals surface area contributed by atoms with Crippen LogP contribution in [0.5, 0.6) is 0 Å². The van der Waals surface area contributed by atoms with E-state index in [4.69, 9.17) is 0 Å². The quantitative estimate of drug-likeness (QED) is 0.486. The summed E-state index contributed by atoms with van der Waals surface area (Å²) in [7, 11) is 0. The number of nitrogens with one attached hydrogen (secondary N) is 3. The molecule has 1 aliphatic heterocycles. The fraction of sp³-hybridized carbons (Fsp3) is 0.882. The molecule has 0 saturated carbocycles. The minimum Gasteiger partial charge on any atom is -0.357 e. The molecule has 0 aromatic carbocycles. The van der Waals surface area contributed by atoms with Crippen molar-refractivity contribution in [3.63, 3.8) is 0 Å². The number of hydrogen-bond donors (Lipinski definition) is 3. The molecule has 0 aromatic rings. The number of nitrogens with zero attached hydrogens (tertiary/aromatic N) is 2. The third-order valence-corrected chi connectivity index (χ3v) is 3.63. The van der Waals surface area contributed by atoms with Gasteiger partial charge in [0.05, 0.1) is 0 Å². The van der Waals surface area contributed by atoms with Crippen LogP contribution in [0.3, 0.4) is 0 Å². The van der Waals surface area contributed by atoms with Crippen molar-refractivity contribution in [2.24, 2.45) is 10.9 Å². The predicted octanol–water partition coefficient (Wildman–Crippen LogP) is 1.19. The zero-order valence-corrected chi connectivity index (χ0v) is 15.5. The van der Waals surface area contributed by atoms with Gasteiger partial charge in [0.2, 0.25) is 5.91 Å². The van der Waals surface area contributed by atoms with E-state index in [-0.39, 0.29) is 18.0 Å². The van der Waals surface area contributed by atoms with Gasteiger partial charge in [0.15, 0.2) is 5.96 Å². The van der Waals surface area contributed by atoms with Gasteiger partial charge in [-0.3, -0.25) is 4.79 Å². The van der Waals surface area contributed by atoms with Crippen LogP contribution in [0.2, 0.25) is 0 Å². The molecule has 0 radical (unpaired) electrons. The van der Waals surface area contributed by atoms with E-state index in [2.05, 4.69) is 32.8 Å². The van der Waals surface area contributed by atoms with Gasteiger partial charge in [-0.25, -0.2) is 4.99 Å². The molecule has 1 saturated heterocycles. The third kappa shape index (κ3) is 9.43. The standard InChI is InChI=1S/C17H35N5O/c1-6-18-16(20-12-15(23)21-17(3,4)5)19-11-14(2)13-22-9-7-8-10-22/h14H,6-13H2,1-5H3,(H,21,23)(H2,18,19,20). The van der Waals surface area contributed by atoms with Crippen LogP contribution in [0.15, 0.2) is 4.99 Å². The fourth-order valence-electron chi connectivity index (χ4n) is 2.69.